The van der Waals surface area contributed by atoms with E-state index in [1.165, 1.54) is 19.2 Å². The van der Waals surface area contributed by atoms with Gasteiger partial charge in [-0.3, -0.25) is 9.52 Å². The highest BCUT2D eigenvalue weighted by atomic mass is 32.2. The number of methoxy groups -OCH3 is 1. The normalized spacial score (nSPS) is 11.0. The second kappa shape index (κ2) is 9.74. The van der Waals surface area contributed by atoms with Crippen LogP contribution in [0, 0.1) is 13.8 Å². The minimum absolute atomic E-state index is 0.0939. The predicted molar refractivity (Wildman–Crippen MR) is 125 cm³/mol. The van der Waals surface area contributed by atoms with Crippen molar-refractivity contribution in [3.8, 4) is 11.5 Å². The zero-order valence-corrected chi connectivity index (χ0v) is 19.2. The lowest BCUT2D eigenvalue weighted by Crippen LogP contribution is -2.14. The number of hydrogen-bond acceptors (Lipinski definition) is 5. The number of sulfonamides is 1. The van der Waals surface area contributed by atoms with Gasteiger partial charge in [-0.2, -0.15) is 0 Å². The van der Waals surface area contributed by atoms with E-state index < -0.39 is 10.0 Å². The molecule has 3 aromatic carbocycles. The van der Waals surface area contributed by atoms with Gasteiger partial charge in [0.2, 0.25) is 0 Å². The van der Waals surface area contributed by atoms with E-state index in [-0.39, 0.29) is 10.8 Å². The molecule has 0 radical (unpaired) electrons. The molecule has 1 amide bonds. The molecular weight excluding hydrogens is 428 g/mol. The van der Waals surface area contributed by atoms with E-state index >= 15 is 0 Å². The van der Waals surface area contributed by atoms with Crippen LogP contribution in [-0.4, -0.2) is 28.0 Å². The van der Waals surface area contributed by atoms with Crippen LogP contribution in [0.2, 0.25) is 0 Å². The number of anilines is 2. The van der Waals surface area contributed by atoms with Gasteiger partial charge in [0.05, 0.1) is 18.6 Å². The molecule has 0 saturated heterocycles. The number of amides is 1. The van der Waals surface area contributed by atoms with Crippen molar-refractivity contribution in [2.24, 2.45) is 0 Å². The van der Waals surface area contributed by atoms with E-state index in [9.17, 15) is 13.2 Å². The number of benzene rings is 3. The molecule has 0 aliphatic carbocycles. The molecule has 0 fully saturated rings. The fourth-order valence-corrected chi connectivity index (χ4v) is 4.07. The van der Waals surface area contributed by atoms with Crippen LogP contribution in [0.4, 0.5) is 11.4 Å². The summed E-state index contributed by atoms with van der Waals surface area (Å²) in [6, 6.07) is 16.2. The molecule has 0 bridgehead atoms. The smallest absolute Gasteiger partial charge is 0.261 e. The minimum atomic E-state index is -3.75. The van der Waals surface area contributed by atoms with E-state index in [0.29, 0.717) is 35.0 Å². The summed E-state index contributed by atoms with van der Waals surface area (Å²) in [5.74, 6) is 0.658. The van der Waals surface area contributed by atoms with E-state index in [2.05, 4.69) is 10.0 Å². The number of hydrogen-bond donors (Lipinski definition) is 2. The van der Waals surface area contributed by atoms with Crippen LogP contribution >= 0.6 is 0 Å². The van der Waals surface area contributed by atoms with Gasteiger partial charge in [-0.15, -0.1) is 0 Å². The summed E-state index contributed by atoms with van der Waals surface area (Å²) in [5, 5.41) is 2.75. The van der Waals surface area contributed by atoms with Crippen molar-refractivity contribution in [3.05, 3.63) is 77.4 Å². The standard InChI is InChI=1S/C24H26N2O5S/c1-5-31-22-13-7-18(15-23(22)30-4)24(27)25-19-9-11-21(12-10-19)32(28,29)26-20-8-6-16(2)17(3)14-20/h6-15,26H,5H2,1-4H3,(H,25,27). The second-order valence-electron chi connectivity index (χ2n) is 7.18. The Balaban J connectivity index is 1.72. The second-order valence-corrected chi connectivity index (χ2v) is 8.86. The first-order valence-corrected chi connectivity index (χ1v) is 11.5. The van der Waals surface area contributed by atoms with Crippen molar-refractivity contribution in [2.45, 2.75) is 25.7 Å². The lowest BCUT2D eigenvalue weighted by Gasteiger charge is -2.12. The zero-order chi connectivity index (χ0) is 23.3. The van der Waals surface area contributed by atoms with Crippen LogP contribution in [0.3, 0.4) is 0 Å². The molecule has 32 heavy (non-hydrogen) atoms. The molecule has 3 rings (SSSR count). The zero-order valence-electron chi connectivity index (χ0n) is 18.4. The number of ether oxygens (including phenoxy) is 2. The molecule has 2 N–H and O–H groups in total. The molecule has 0 aromatic heterocycles. The SMILES string of the molecule is CCOc1ccc(C(=O)Nc2ccc(S(=O)(=O)Nc3ccc(C)c(C)c3)cc2)cc1OC. The third kappa shape index (κ3) is 5.39. The minimum Gasteiger partial charge on any atom is -0.493 e. The number of rotatable bonds is 8. The maximum Gasteiger partial charge on any atom is 0.261 e. The van der Waals surface area contributed by atoms with Gasteiger partial charge in [0.1, 0.15) is 0 Å². The molecule has 168 valence electrons. The first-order chi connectivity index (χ1) is 15.2. The van der Waals surface area contributed by atoms with Crippen LogP contribution in [0.5, 0.6) is 11.5 Å². The van der Waals surface area contributed by atoms with Crippen molar-refractivity contribution in [1.29, 1.82) is 0 Å². The molecule has 0 unspecified atom stereocenters. The lowest BCUT2D eigenvalue weighted by molar-refractivity contribution is 0.102. The average molecular weight is 455 g/mol. The van der Waals surface area contributed by atoms with Crippen LogP contribution in [-0.2, 0) is 10.0 Å². The topological polar surface area (TPSA) is 93.7 Å². The monoisotopic (exact) mass is 454 g/mol. The van der Waals surface area contributed by atoms with Crippen molar-refractivity contribution >= 4 is 27.3 Å². The number of carbonyl (C=O) groups is 1. The summed E-state index contributed by atoms with van der Waals surface area (Å²) in [6.45, 7) is 6.23. The largest absolute Gasteiger partial charge is 0.493 e. The molecule has 0 atom stereocenters. The van der Waals surface area contributed by atoms with Gasteiger partial charge in [0.25, 0.3) is 15.9 Å². The van der Waals surface area contributed by atoms with Gasteiger partial charge >= 0.3 is 0 Å². The van der Waals surface area contributed by atoms with Crippen molar-refractivity contribution < 1.29 is 22.7 Å². The number of aryl methyl sites for hydroxylation is 2. The van der Waals surface area contributed by atoms with Crippen LogP contribution < -0.4 is 19.5 Å². The highest BCUT2D eigenvalue weighted by molar-refractivity contribution is 7.92. The quantitative estimate of drug-likeness (QED) is 0.512. The van der Waals surface area contributed by atoms with E-state index in [1.807, 2.05) is 26.8 Å². The third-order valence-electron chi connectivity index (χ3n) is 4.91. The fraction of sp³-hybridized carbons (Fsp3) is 0.208. The molecular formula is C24H26N2O5S. The maximum atomic E-state index is 12.7. The lowest BCUT2D eigenvalue weighted by atomic mass is 10.1. The molecule has 0 aliphatic rings. The molecule has 3 aromatic rings. The Bertz CT molecular complexity index is 1220. The summed E-state index contributed by atoms with van der Waals surface area (Å²) in [7, 11) is -2.25. The first kappa shape index (κ1) is 23.1. The van der Waals surface area contributed by atoms with Gasteiger partial charge in [-0.25, -0.2) is 8.42 Å². The Labute approximate surface area is 188 Å². The molecule has 0 spiro atoms. The summed E-state index contributed by atoms with van der Waals surface area (Å²) < 4.78 is 38.7. The molecule has 0 heterocycles. The van der Waals surface area contributed by atoms with Crippen LogP contribution in [0.15, 0.2) is 65.6 Å². The van der Waals surface area contributed by atoms with Gasteiger partial charge in [0, 0.05) is 16.9 Å². The highest BCUT2D eigenvalue weighted by Crippen LogP contribution is 2.28. The Morgan fingerprint density at radius 3 is 2.19 bits per heavy atom. The van der Waals surface area contributed by atoms with Gasteiger partial charge in [-0.1, -0.05) is 6.07 Å². The third-order valence-corrected chi connectivity index (χ3v) is 6.30. The first-order valence-electron chi connectivity index (χ1n) is 10.1. The molecule has 7 nitrogen and oxygen atoms in total. The Kier molecular flexibility index (Phi) is 7.05. The van der Waals surface area contributed by atoms with E-state index in [1.54, 1.807) is 42.5 Å². The van der Waals surface area contributed by atoms with Crippen LogP contribution in [0.1, 0.15) is 28.4 Å². The fourth-order valence-electron chi connectivity index (χ4n) is 3.02. The van der Waals surface area contributed by atoms with Crippen LogP contribution in [0.25, 0.3) is 0 Å². The molecule has 0 saturated carbocycles. The van der Waals surface area contributed by atoms with E-state index in [0.717, 1.165) is 11.1 Å². The number of carbonyl (C=O) groups excluding carboxylic acids is 1. The Morgan fingerprint density at radius 1 is 0.875 bits per heavy atom. The highest BCUT2D eigenvalue weighted by Gasteiger charge is 2.16. The summed E-state index contributed by atoms with van der Waals surface area (Å²) in [6.07, 6.45) is 0. The van der Waals surface area contributed by atoms with Crippen molar-refractivity contribution in [3.63, 3.8) is 0 Å². The Hall–Kier alpha value is -3.52. The summed E-state index contributed by atoms with van der Waals surface area (Å²) >= 11 is 0. The Morgan fingerprint density at radius 2 is 1.56 bits per heavy atom. The van der Waals surface area contributed by atoms with Gasteiger partial charge in [0.15, 0.2) is 11.5 Å². The molecule has 0 aliphatic heterocycles. The number of nitrogens with one attached hydrogen (secondary N) is 2. The summed E-state index contributed by atoms with van der Waals surface area (Å²) in [5.41, 5.74) is 3.42. The van der Waals surface area contributed by atoms with Gasteiger partial charge in [-0.05, 0) is 86.5 Å². The average Bonchev–Trinajstić information content (AvgIpc) is 2.77. The van der Waals surface area contributed by atoms with Gasteiger partial charge < -0.3 is 14.8 Å². The predicted octanol–water partition coefficient (Wildman–Crippen LogP) is 4.76. The summed E-state index contributed by atoms with van der Waals surface area (Å²) in [4.78, 5) is 12.7. The van der Waals surface area contributed by atoms with E-state index in [4.69, 9.17) is 9.47 Å². The van der Waals surface area contributed by atoms with Crippen molar-refractivity contribution in [1.82, 2.24) is 0 Å². The molecule has 8 heteroatoms. The van der Waals surface area contributed by atoms with Crippen molar-refractivity contribution in [2.75, 3.05) is 23.8 Å². The maximum absolute atomic E-state index is 12.7.